The number of imidazole rings is 2. The number of aryl methyl sites for hydroxylation is 4. The monoisotopic (exact) mass is 674 g/mol. The first-order valence-electron chi connectivity index (χ1n) is 10.8. The van der Waals surface area contributed by atoms with E-state index in [4.69, 9.17) is 11.8 Å². The van der Waals surface area contributed by atoms with Crippen LogP contribution in [-0.4, -0.2) is 24.1 Å². The van der Waals surface area contributed by atoms with Gasteiger partial charge in [-0.15, -0.1) is 35.4 Å². The first-order valence-corrected chi connectivity index (χ1v) is 10.8. The van der Waals surface area contributed by atoms with Gasteiger partial charge in [0.25, 0.3) is 0 Å². The fourth-order valence-corrected chi connectivity index (χ4v) is 3.62. The molecule has 5 rings (SSSR count). The second kappa shape index (κ2) is 13.4. The Labute approximate surface area is 228 Å². The Kier molecular flexibility index (Phi) is 10.6. The Bertz CT molecular complexity index is 1410. The molecule has 3 aromatic heterocycles. The third-order valence-corrected chi connectivity index (χ3v) is 5.34. The average Bonchev–Trinajstić information content (AvgIpc) is 3.49. The van der Waals surface area contributed by atoms with Crippen LogP contribution in [0, 0.1) is 49.4 Å². The molecule has 0 amide bonds. The third kappa shape index (κ3) is 6.82. The molecular weight excluding hydrogens is 651 g/mol. The van der Waals surface area contributed by atoms with Gasteiger partial charge in [0.2, 0.25) is 0 Å². The van der Waals surface area contributed by atoms with Gasteiger partial charge in [-0.25, -0.2) is 0 Å². The molecule has 0 aliphatic heterocycles. The zero-order valence-corrected chi connectivity index (χ0v) is 23.0. The topological polar surface area (TPSA) is 72.3 Å². The number of rotatable bonds is 3. The van der Waals surface area contributed by atoms with Gasteiger partial charge in [0.05, 0.1) is 11.6 Å². The molecule has 0 saturated heterocycles. The number of halogens is 2. The number of hydrogen-bond acceptors (Lipinski definition) is 4. The minimum absolute atomic E-state index is 0. The number of hydrogen-bond donors (Lipinski definition) is 0. The molecule has 0 saturated carbocycles. The van der Waals surface area contributed by atoms with Gasteiger partial charge in [0.1, 0.15) is 0 Å². The van der Waals surface area contributed by atoms with Gasteiger partial charge >= 0.3 is 20.1 Å². The molecule has 0 aliphatic rings. The minimum atomic E-state index is -0.649. The molecule has 0 radical (unpaired) electrons. The fourth-order valence-electron chi connectivity index (χ4n) is 3.62. The van der Waals surface area contributed by atoms with Gasteiger partial charge in [-0.05, 0) is 11.8 Å². The largest absolute Gasteiger partial charge is 3.00 e. The van der Waals surface area contributed by atoms with Crippen molar-refractivity contribution in [2.75, 3.05) is 0 Å². The molecule has 0 N–H and O–H groups in total. The molecule has 5 aromatic rings. The van der Waals surface area contributed by atoms with Crippen molar-refractivity contribution >= 4 is 0 Å². The Morgan fingerprint density at radius 2 is 1.38 bits per heavy atom. The van der Waals surface area contributed by atoms with Crippen LogP contribution in [0.25, 0.3) is 34.0 Å². The van der Waals surface area contributed by atoms with Gasteiger partial charge in [-0.1, -0.05) is 48.7 Å². The summed E-state index contributed by atoms with van der Waals surface area (Å²) in [4.78, 5) is 12.8. The van der Waals surface area contributed by atoms with E-state index in [0.717, 1.165) is 34.9 Å². The maximum Gasteiger partial charge on any atom is 3.00 e. The summed E-state index contributed by atoms with van der Waals surface area (Å²) in [6.45, 7) is 8.94. The van der Waals surface area contributed by atoms with Crippen LogP contribution < -0.4 is 0 Å². The summed E-state index contributed by atoms with van der Waals surface area (Å²) in [6, 6.07) is 15.2. The van der Waals surface area contributed by atoms with Crippen LogP contribution in [0.15, 0.2) is 67.4 Å². The van der Waals surface area contributed by atoms with Crippen molar-refractivity contribution in [2.45, 2.75) is 13.8 Å². The fraction of sp³-hybridized carbons (Fsp3) is 0.143. The smallest absolute Gasteiger partial charge is 0.512 e. The quantitative estimate of drug-likeness (QED) is 0.226. The summed E-state index contributed by atoms with van der Waals surface area (Å²) >= 11 is 0. The van der Waals surface area contributed by atoms with Crippen LogP contribution >= 0.6 is 0 Å². The summed E-state index contributed by atoms with van der Waals surface area (Å²) in [5.74, 6) is 0.571. The molecular formula is C28H23F2IrN6. The van der Waals surface area contributed by atoms with Gasteiger partial charge in [-0.2, -0.15) is 0 Å². The van der Waals surface area contributed by atoms with Crippen molar-refractivity contribution in [2.24, 2.45) is 14.1 Å². The second-order valence-electron chi connectivity index (χ2n) is 7.86. The van der Waals surface area contributed by atoms with Gasteiger partial charge in [-0.3, -0.25) is 18.7 Å². The predicted octanol–water partition coefficient (Wildman–Crippen LogP) is 5.83. The van der Waals surface area contributed by atoms with Crippen LogP contribution in [0.2, 0.25) is 0 Å². The summed E-state index contributed by atoms with van der Waals surface area (Å²) < 4.78 is 29.8. The molecule has 0 fully saturated rings. The first-order chi connectivity index (χ1) is 17.3. The second-order valence-corrected chi connectivity index (χ2v) is 7.86. The summed E-state index contributed by atoms with van der Waals surface area (Å²) in [7, 11) is 3.99. The molecule has 0 atom stereocenters. The van der Waals surface area contributed by atoms with Crippen LogP contribution in [0.1, 0.15) is 11.1 Å². The maximum atomic E-state index is 13.2. The molecule has 0 spiro atoms. The van der Waals surface area contributed by atoms with Gasteiger partial charge < -0.3 is 26.0 Å². The van der Waals surface area contributed by atoms with Crippen molar-refractivity contribution in [1.82, 2.24) is 24.1 Å². The Balaban J connectivity index is 0.000000250. The maximum absolute atomic E-state index is 13.2. The van der Waals surface area contributed by atoms with Crippen molar-refractivity contribution in [1.29, 1.82) is 5.26 Å². The van der Waals surface area contributed by atoms with E-state index in [9.17, 15) is 8.78 Å². The number of nitrogens with zero attached hydrogens (tertiary/aromatic N) is 6. The van der Waals surface area contributed by atoms with Crippen LogP contribution in [0.3, 0.4) is 0 Å². The van der Waals surface area contributed by atoms with E-state index < -0.39 is 11.6 Å². The zero-order chi connectivity index (χ0) is 26.2. The summed E-state index contributed by atoms with van der Waals surface area (Å²) in [6.07, 6.45) is 9.06. The Hall–Kier alpha value is -3.99. The third-order valence-electron chi connectivity index (χ3n) is 5.34. The predicted molar refractivity (Wildman–Crippen MR) is 133 cm³/mol. The molecule has 37 heavy (non-hydrogen) atoms. The zero-order valence-electron chi connectivity index (χ0n) is 20.6. The number of aromatic nitrogens is 5. The number of benzene rings is 2. The van der Waals surface area contributed by atoms with Crippen LogP contribution in [0.5, 0.6) is 0 Å². The minimum Gasteiger partial charge on any atom is -0.512 e. The Morgan fingerprint density at radius 1 is 0.811 bits per heavy atom. The molecule has 0 unspecified atom stereocenters. The summed E-state index contributed by atoms with van der Waals surface area (Å²) in [5, 5.41) is 6.25. The summed E-state index contributed by atoms with van der Waals surface area (Å²) in [5.41, 5.74) is 5.05. The van der Waals surface area contributed by atoms with E-state index in [0.29, 0.717) is 5.69 Å². The standard InChI is InChI=1S/C16H17N4.C11H6F2N.CN.Ir/c1-11-9-12(2)14(16-18-6-8-20(16)4)10-13(11)15-17-5-7-19(15)3;12-8-4-5-9(10(13)7-8)11-3-1-2-6-14-11;1-2;/h5-9H,1-4H3;1-4,6-7H;;/q3*-1;+3. The van der Waals surface area contributed by atoms with Crippen molar-refractivity contribution in [3.63, 3.8) is 0 Å². The van der Waals surface area contributed by atoms with Gasteiger partial charge in [0, 0.05) is 56.7 Å². The van der Waals surface area contributed by atoms with Crippen molar-refractivity contribution < 1.29 is 28.9 Å². The molecule has 3 heterocycles. The van der Waals surface area contributed by atoms with Crippen molar-refractivity contribution in [3.8, 4) is 34.0 Å². The first kappa shape index (κ1) is 29.2. The van der Waals surface area contributed by atoms with E-state index in [2.05, 4.69) is 47.0 Å². The van der Waals surface area contributed by atoms with E-state index in [-0.39, 0.29) is 25.7 Å². The van der Waals surface area contributed by atoms with Gasteiger partial charge in [0.15, 0.2) is 0 Å². The number of pyridine rings is 1. The molecule has 2 aromatic carbocycles. The van der Waals surface area contributed by atoms with E-state index in [1.54, 1.807) is 24.4 Å². The molecule has 0 bridgehead atoms. The average molecular weight is 674 g/mol. The van der Waals surface area contributed by atoms with E-state index in [1.165, 1.54) is 11.1 Å². The van der Waals surface area contributed by atoms with E-state index >= 15 is 0 Å². The molecule has 6 nitrogen and oxygen atoms in total. The van der Waals surface area contributed by atoms with Crippen LogP contribution in [-0.2, 0) is 34.2 Å². The molecule has 188 valence electrons. The normalized spacial score (nSPS) is 9.84. The molecule has 9 heteroatoms. The van der Waals surface area contributed by atoms with Crippen molar-refractivity contribution in [3.05, 3.63) is 109 Å². The van der Waals surface area contributed by atoms with E-state index in [1.807, 2.05) is 48.0 Å². The molecule has 0 aliphatic carbocycles. The SMILES string of the molecule is Cc1cc(C)c(-c2nccn2C)[c-]c1-c1nccn1C.Fc1c[c-]c(-c2ccccn2)c(F)c1.[C-]#N.[Ir+3]. The van der Waals surface area contributed by atoms with Crippen LogP contribution in [0.4, 0.5) is 8.78 Å². The Morgan fingerprint density at radius 3 is 1.81 bits per heavy atom.